The normalized spacial score (nSPS) is 10.7. The first-order valence-corrected chi connectivity index (χ1v) is 6.68. The molecule has 2 aromatic carbocycles. The second kappa shape index (κ2) is 7.67. The summed E-state index contributed by atoms with van der Waals surface area (Å²) in [4.78, 5) is 0. The third kappa shape index (κ3) is 4.21. The molecule has 0 unspecified atom stereocenters. The van der Waals surface area contributed by atoms with Gasteiger partial charge in [-0.15, -0.1) is 0 Å². The number of rotatable bonds is 7. The summed E-state index contributed by atoms with van der Waals surface area (Å²) in [5, 5.41) is 0. The van der Waals surface area contributed by atoms with Crippen LogP contribution >= 0.6 is 0 Å². The van der Waals surface area contributed by atoms with Crippen molar-refractivity contribution in [1.82, 2.24) is 0 Å². The third-order valence-electron chi connectivity index (χ3n) is 3.14. The van der Waals surface area contributed by atoms with Crippen molar-refractivity contribution in [3.63, 3.8) is 0 Å². The molecular weight excluding hydrogens is 268 g/mol. The Labute approximate surface area is 125 Å². The van der Waals surface area contributed by atoms with E-state index in [4.69, 9.17) is 18.9 Å². The van der Waals surface area contributed by atoms with Crippen LogP contribution < -0.4 is 9.47 Å². The highest BCUT2D eigenvalue weighted by Gasteiger charge is 2.08. The van der Waals surface area contributed by atoms with Crippen molar-refractivity contribution >= 4 is 0 Å². The Morgan fingerprint density at radius 2 is 1.33 bits per heavy atom. The van der Waals surface area contributed by atoms with Crippen LogP contribution in [0.5, 0.6) is 11.5 Å². The predicted molar refractivity (Wildman–Crippen MR) is 80.5 cm³/mol. The fraction of sp³-hybridized carbons (Fsp3) is 0.294. The maximum atomic E-state index is 5.75. The number of methoxy groups -OCH3 is 3. The molecule has 21 heavy (non-hydrogen) atoms. The predicted octanol–water partition coefficient (Wildman–Crippen LogP) is 3.57. The minimum absolute atomic E-state index is 0.347. The van der Waals surface area contributed by atoms with Crippen molar-refractivity contribution in [2.45, 2.75) is 12.9 Å². The molecule has 0 radical (unpaired) electrons. The van der Waals surface area contributed by atoms with Gasteiger partial charge in [0, 0.05) is 19.8 Å². The lowest BCUT2D eigenvalue weighted by Gasteiger charge is -2.14. The molecule has 0 amide bonds. The maximum Gasteiger partial charge on any atom is 0.183 e. The SMILES string of the molecule is COc1ccc(COc2ccc(C(OC)OC)cc2)cc1. The van der Waals surface area contributed by atoms with Crippen molar-refractivity contribution in [2.75, 3.05) is 21.3 Å². The van der Waals surface area contributed by atoms with Crippen molar-refractivity contribution in [1.29, 1.82) is 0 Å². The average Bonchev–Trinajstić information content (AvgIpc) is 2.55. The van der Waals surface area contributed by atoms with Gasteiger partial charge in [0.15, 0.2) is 6.29 Å². The van der Waals surface area contributed by atoms with Gasteiger partial charge in [-0.1, -0.05) is 24.3 Å². The van der Waals surface area contributed by atoms with E-state index >= 15 is 0 Å². The van der Waals surface area contributed by atoms with E-state index in [2.05, 4.69) is 0 Å². The first kappa shape index (κ1) is 15.4. The van der Waals surface area contributed by atoms with Crippen molar-refractivity contribution in [2.24, 2.45) is 0 Å². The van der Waals surface area contributed by atoms with Crippen molar-refractivity contribution in [3.05, 3.63) is 59.7 Å². The Kier molecular flexibility index (Phi) is 5.60. The van der Waals surface area contributed by atoms with Gasteiger partial charge in [0.25, 0.3) is 0 Å². The maximum absolute atomic E-state index is 5.75. The fourth-order valence-electron chi connectivity index (χ4n) is 1.98. The molecule has 0 heterocycles. The molecule has 2 aromatic rings. The summed E-state index contributed by atoms with van der Waals surface area (Å²) in [6, 6.07) is 15.5. The first-order valence-electron chi connectivity index (χ1n) is 6.68. The van der Waals surface area contributed by atoms with E-state index in [-0.39, 0.29) is 6.29 Å². The van der Waals surface area contributed by atoms with Crippen LogP contribution in [0.1, 0.15) is 17.4 Å². The zero-order valence-corrected chi connectivity index (χ0v) is 12.5. The third-order valence-corrected chi connectivity index (χ3v) is 3.14. The molecule has 112 valence electrons. The molecule has 0 saturated carbocycles. The van der Waals surface area contributed by atoms with E-state index in [1.54, 1.807) is 21.3 Å². The van der Waals surface area contributed by atoms with Crippen LogP contribution in [0.3, 0.4) is 0 Å². The van der Waals surface area contributed by atoms with Crippen LogP contribution in [-0.4, -0.2) is 21.3 Å². The summed E-state index contributed by atoms with van der Waals surface area (Å²) in [6.07, 6.45) is -0.347. The summed E-state index contributed by atoms with van der Waals surface area (Å²) in [5.74, 6) is 1.65. The molecule has 0 saturated heterocycles. The molecule has 0 bridgehead atoms. The average molecular weight is 288 g/mol. The molecule has 0 aliphatic rings. The van der Waals surface area contributed by atoms with Crippen LogP contribution in [0, 0.1) is 0 Å². The van der Waals surface area contributed by atoms with Gasteiger partial charge in [0.2, 0.25) is 0 Å². The van der Waals surface area contributed by atoms with Gasteiger partial charge >= 0.3 is 0 Å². The number of hydrogen-bond acceptors (Lipinski definition) is 4. The van der Waals surface area contributed by atoms with Gasteiger partial charge in [-0.05, 0) is 29.8 Å². The topological polar surface area (TPSA) is 36.9 Å². The largest absolute Gasteiger partial charge is 0.497 e. The quantitative estimate of drug-likeness (QED) is 0.730. The Morgan fingerprint density at radius 1 is 0.762 bits per heavy atom. The highest BCUT2D eigenvalue weighted by Crippen LogP contribution is 2.21. The molecule has 0 aliphatic heterocycles. The van der Waals surface area contributed by atoms with Crippen LogP contribution in [-0.2, 0) is 16.1 Å². The first-order chi connectivity index (χ1) is 10.3. The van der Waals surface area contributed by atoms with E-state index < -0.39 is 0 Å². The zero-order chi connectivity index (χ0) is 15.1. The van der Waals surface area contributed by atoms with Gasteiger partial charge in [-0.3, -0.25) is 0 Å². The Morgan fingerprint density at radius 3 is 1.86 bits per heavy atom. The lowest BCUT2D eigenvalue weighted by molar-refractivity contribution is -0.106. The molecule has 0 spiro atoms. The summed E-state index contributed by atoms with van der Waals surface area (Å²) in [7, 11) is 4.88. The molecule has 0 aliphatic carbocycles. The van der Waals surface area contributed by atoms with E-state index in [9.17, 15) is 0 Å². The number of hydrogen-bond donors (Lipinski definition) is 0. The van der Waals surface area contributed by atoms with Gasteiger partial charge in [0.05, 0.1) is 7.11 Å². The number of benzene rings is 2. The monoisotopic (exact) mass is 288 g/mol. The van der Waals surface area contributed by atoms with E-state index in [1.807, 2.05) is 48.5 Å². The van der Waals surface area contributed by atoms with Gasteiger partial charge in [-0.2, -0.15) is 0 Å². The van der Waals surface area contributed by atoms with Gasteiger partial charge in [0.1, 0.15) is 18.1 Å². The molecule has 0 aromatic heterocycles. The van der Waals surface area contributed by atoms with E-state index in [1.165, 1.54) is 0 Å². The smallest absolute Gasteiger partial charge is 0.183 e. The molecule has 4 nitrogen and oxygen atoms in total. The molecular formula is C17H20O4. The second-order valence-electron chi connectivity index (χ2n) is 4.51. The highest BCUT2D eigenvalue weighted by atomic mass is 16.7. The standard InChI is InChI=1S/C17H20O4/c1-18-15-8-4-13(5-9-15)12-21-16-10-6-14(7-11-16)17(19-2)20-3/h4-11,17H,12H2,1-3H3. The van der Waals surface area contributed by atoms with Crippen LogP contribution in [0.15, 0.2) is 48.5 Å². The summed E-state index contributed by atoms with van der Waals surface area (Å²) in [6.45, 7) is 0.515. The summed E-state index contributed by atoms with van der Waals surface area (Å²) in [5.41, 5.74) is 2.04. The molecule has 2 rings (SSSR count). The van der Waals surface area contributed by atoms with Crippen LogP contribution in [0.4, 0.5) is 0 Å². The van der Waals surface area contributed by atoms with Crippen molar-refractivity contribution in [3.8, 4) is 11.5 Å². The molecule has 4 heteroatoms. The minimum atomic E-state index is -0.347. The summed E-state index contributed by atoms with van der Waals surface area (Å²) < 4.78 is 21.3. The van der Waals surface area contributed by atoms with Crippen LogP contribution in [0.2, 0.25) is 0 Å². The number of ether oxygens (including phenoxy) is 4. The highest BCUT2D eigenvalue weighted by molar-refractivity contribution is 5.30. The summed E-state index contributed by atoms with van der Waals surface area (Å²) >= 11 is 0. The Balaban J connectivity index is 1.93. The van der Waals surface area contributed by atoms with E-state index in [0.717, 1.165) is 22.6 Å². The van der Waals surface area contributed by atoms with E-state index in [0.29, 0.717) is 6.61 Å². The lowest BCUT2D eigenvalue weighted by atomic mass is 10.2. The molecule has 0 N–H and O–H groups in total. The minimum Gasteiger partial charge on any atom is -0.497 e. The van der Waals surface area contributed by atoms with Gasteiger partial charge in [-0.25, -0.2) is 0 Å². The van der Waals surface area contributed by atoms with Crippen molar-refractivity contribution < 1.29 is 18.9 Å². The van der Waals surface area contributed by atoms with Gasteiger partial charge < -0.3 is 18.9 Å². The second-order valence-corrected chi connectivity index (χ2v) is 4.51. The fourth-order valence-corrected chi connectivity index (χ4v) is 1.98. The molecule has 0 atom stereocenters. The lowest BCUT2D eigenvalue weighted by Crippen LogP contribution is -2.03. The Bertz CT molecular complexity index is 530. The zero-order valence-electron chi connectivity index (χ0n) is 12.5. The Hall–Kier alpha value is -2.04. The molecule has 0 fully saturated rings. The van der Waals surface area contributed by atoms with Crippen LogP contribution in [0.25, 0.3) is 0 Å².